The van der Waals surface area contributed by atoms with Crippen LogP contribution in [0.3, 0.4) is 0 Å². The topological polar surface area (TPSA) is 61.4 Å². The van der Waals surface area contributed by atoms with Gasteiger partial charge in [0, 0.05) is 5.69 Å². The van der Waals surface area contributed by atoms with Crippen molar-refractivity contribution in [2.75, 3.05) is 11.9 Å². The van der Waals surface area contributed by atoms with Gasteiger partial charge in [0.2, 0.25) is 0 Å². The molecule has 0 heterocycles. The Labute approximate surface area is 99.4 Å². The van der Waals surface area contributed by atoms with Crippen molar-refractivity contribution in [1.82, 2.24) is 5.32 Å². The number of phenols is 1. The van der Waals surface area contributed by atoms with Gasteiger partial charge in [0.25, 0.3) is 0 Å². The lowest BCUT2D eigenvalue weighted by Gasteiger charge is -2.10. The van der Waals surface area contributed by atoms with Crippen LogP contribution in [-0.2, 0) is 0 Å². The van der Waals surface area contributed by atoms with E-state index in [1.807, 2.05) is 0 Å². The molecule has 94 valence electrons. The van der Waals surface area contributed by atoms with Gasteiger partial charge in [-0.2, -0.15) is 13.2 Å². The molecule has 0 atom stereocenters. The van der Waals surface area contributed by atoms with Crippen LogP contribution in [0.1, 0.15) is 0 Å². The van der Waals surface area contributed by atoms with Crippen LogP contribution in [0.25, 0.3) is 0 Å². The lowest BCUT2D eigenvalue weighted by atomic mass is 10.3. The van der Waals surface area contributed by atoms with E-state index in [-0.39, 0.29) is 16.5 Å². The number of alkyl halides is 3. The van der Waals surface area contributed by atoms with E-state index >= 15 is 0 Å². The summed E-state index contributed by atoms with van der Waals surface area (Å²) >= 11 is 5.55. The number of hydrogen-bond donors (Lipinski definition) is 3. The van der Waals surface area contributed by atoms with E-state index in [4.69, 9.17) is 16.7 Å². The summed E-state index contributed by atoms with van der Waals surface area (Å²) in [5.41, 5.74) is 0.174. The van der Waals surface area contributed by atoms with E-state index in [1.54, 1.807) is 5.32 Å². The molecule has 1 aromatic rings. The molecular formula is C9H8ClF3N2O2. The van der Waals surface area contributed by atoms with E-state index < -0.39 is 18.8 Å². The van der Waals surface area contributed by atoms with Crippen molar-refractivity contribution < 1.29 is 23.1 Å². The third-order valence-corrected chi connectivity index (χ3v) is 1.96. The van der Waals surface area contributed by atoms with Gasteiger partial charge >= 0.3 is 12.2 Å². The summed E-state index contributed by atoms with van der Waals surface area (Å²) in [7, 11) is 0. The van der Waals surface area contributed by atoms with Crippen LogP contribution in [0.5, 0.6) is 5.75 Å². The first kappa shape index (κ1) is 13.4. The maximum atomic E-state index is 11.8. The summed E-state index contributed by atoms with van der Waals surface area (Å²) in [6.45, 7) is -1.43. The average Bonchev–Trinajstić information content (AvgIpc) is 2.20. The summed E-state index contributed by atoms with van der Waals surface area (Å²) in [5, 5.41) is 12.8. The molecule has 3 N–H and O–H groups in total. The predicted octanol–water partition coefficient (Wildman–Crippen LogP) is 2.73. The second-order valence-electron chi connectivity index (χ2n) is 3.09. The zero-order valence-electron chi connectivity index (χ0n) is 8.31. The van der Waals surface area contributed by atoms with Crippen molar-refractivity contribution in [3.05, 3.63) is 23.2 Å². The molecule has 8 heteroatoms. The van der Waals surface area contributed by atoms with Gasteiger partial charge in [0.1, 0.15) is 12.3 Å². The van der Waals surface area contributed by atoms with Crippen LogP contribution in [-0.4, -0.2) is 23.9 Å². The van der Waals surface area contributed by atoms with Crippen molar-refractivity contribution in [3.8, 4) is 5.75 Å². The summed E-state index contributed by atoms with van der Waals surface area (Å²) < 4.78 is 35.3. The third-order valence-electron chi connectivity index (χ3n) is 1.65. The van der Waals surface area contributed by atoms with Gasteiger partial charge < -0.3 is 15.7 Å². The SMILES string of the molecule is O=C(NCC(F)(F)F)Nc1ccc(O)c(Cl)c1. The van der Waals surface area contributed by atoms with E-state index in [2.05, 4.69) is 5.32 Å². The largest absolute Gasteiger partial charge is 0.506 e. The molecule has 0 aliphatic rings. The second-order valence-corrected chi connectivity index (χ2v) is 3.50. The summed E-state index contributed by atoms with van der Waals surface area (Å²) in [5.74, 6) is -0.187. The molecular weight excluding hydrogens is 261 g/mol. The molecule has 0 radical (unpaired) electrons. The van der Waals surface area contributed by atoms with Gasteiger partial charge in [-0.25, -0.2) is 4.79 Å². The number of rotatable bonds is 2. The third kappa shape index (κ3) is 4.81. The number of amides is 2. The van der Waals surface area contributed by atoms with Crippen molar-refractivity contribution >= 4 is 23.3 Å². The first-order chi connectivity index (χ1) is 7.78. The Morgan fingerprint density at radius 3 is 2.59 bits per heavy atom. The summed E-state index contributed by atoms with van der Waals surface area (Å²) in [4.78, 5) is 11.0. The Hall–Kier alpha value is -1.63. The van der Waals surface area contributed by atoms with Gasteiger partial charge in [-0.1, -0.05) is 11.6 Å². The molecule has 0 fully saturated rings. The Morgan fingerprint density at radius 2 is 2.06 bits per heavy atom. The molecule has 4 nitrogen and oxygen atoms in total. The number of carbonyl (C=O) groups is 1. The molecule has 0 saturated carbocycles. The summed E-state index contributed by atoms with van der Waals surface area (Å²) in [6.07, 6.45) is -4.47. The molecule has 0 bridgehead atoms. The highest BCUT2D eigenvalue weighted by Crippen LogP contribution is 2.25. The number of carbonyl (C=O) groups excluding carboxylic acids is 1. The van der Waals surface area contributed by atoms with Gasteiger partial charge in [-0.15, -0.1) is 0 Å². The molecule has 2 amide bonds. The molecule has 1 rings (SSSR count). The van der Waals surface area contributed by atoms with E-state index in [0.29, 0.717) is 0 Å². The monoisotopic (exact) mass is 268 g/mol. The molecule has 0 aliphatic carbocycles. The fourth-order valence-corrected chi connectivity index (χ4v) is 1.12. The van der Waals surface area contributed by atoms with E-state index in [0.717, 1.165) is 0 Å². The van der Waals surface area contributed by atoms with Gasteiger partial charge in [-0.05, 0) is 18.2 Å². The zero-order valence-corrected chi connectivity index (χ0v) is 9.06. The summed E-state index contributed by atoms with van der Waals surface area (Å²) in [6, 6.07) is 2.71. The van der Waals surface area contributed by atoms with Gasteiger partial charge in [0.05, 0.1) is 5.02 Å². The minimum absolute atomic E-state index is 0.0152. The molecule has 1 aromatic carbocycles. The predicted molar refractivity (Wildman–Crippen MR) is 56.2 cm³/mol. The zero-order chi connectivity index (χ0) is 13.1. The molecule has 0 spiro atoms. The highest BCUT2D eigenvalue weighted by atomic mass is 35.5. The Balaban J connectivity index is 2.54. The van der Waals surface area contributed by atoms with Crippen molar-refractivity contribution in [2.24, 2.45) is 0 Å². The minimum atomic E-state index is -4.47. The van der Waals surface area contributed by atoms with E-state index in [9.17, 15) is 18.0 Å². The highest BCUT2D eigenvalue weighted by Gasteiger charge is 2.27. The molecule has 17 heavy (non-hydrogen) atoms. The Kier molecular flexibility index (Phi) is 4.06. The maximum Gasteiger partial charge on any atom is 0.405 e. The molecule has 0 unspecified atom stereocenters. The fraction of sp³-hybridized carbons (Fsp3) is 0.222. The number of aromatic hydroxyl groups is 1. The lowest BCUT2D eigenvalue weighted by molar-refractivity contribution is -0.122. The van der Waals surface area contributed by atoms with Gasteiger partial charge in [-0.3, -0.25) is 0 Å². The minimum Gasteiger partial charge on any atom is -0.506 e. The molecule has 0 saturated heterocycles. The number of urea groups is 1. The molecule has 0 aliphatic heterocycles. The number of hydrogen-bond acceptors (Lipinski definition) is 2. The van der Waals surface area contributed by atoms with Crippen LogP contribution >= 0.6 is 11.6 Å². The van der Waals surface area contributed by atoms with Crippen molar-refractivity contribution in [1.29, 1.82) is 0 Å². The normalized spacial score (nSPS) is 11.1. The highest BCUT2D eigenvalue weighted by molar-refractivity contribution is 6.32. The second kappa shape index (κ2) is 5.13. The smallest absolute Gasteiger partial charge is 0.405 e. The van der Waals surface area contributed by atoms with Crippen LogP contribution in [0, 0.1) is 0 Å². The first-order valence-electron chi connectivity index (χ1n) is 4.38. The Morgan fingerprint density at radius 1 is 1.41 bits per heavy atom. The number of anilines is 1. The fourth-order valence-electron chi connectivity index (χ4n) is 0.940. The van der Waals surface area contributed by atoms with Crippen molar-refractivity contribution in [2.45, 2.75) is 6.18 Å². The maximum absolute atomic E-state index is 11.8. The van der Waals surface area contributed by atoms with E-state index in [1.165, 1.54) is 18.2 Å². The standard InChI is InChI=1S/C9H8ClF3N2O2/c10-6-3-5(1-2-7(6)16)15-8(17)14-4-9(11,12)13/h1-3,16H,4H2,(H2,14,15,17). The van der Waals surface area contributed by atoms with Crippen LogP contribution in [0.15, 0.2) is 18.2 Å². The average molecular weight is 269 g/mol. The Bertz CT molecular complexity index is 423. The van der Waals surface area contributed by atoms with Crippen LogP contribution in [0.2, 0.25) is 5.02 Å². The van der Waals surface area contributed by atoms with Crippen LogP contribution < -0.4 is 10.6 Å². The number of nitrogens with one attached hydrogen (secondary N) is 2. The number of phenolic OH excluding ortho intramolecular Hbond substituents is 1. The number of benzene rings is 1. The lowest BCUT2D eigenvalue weighted by Crippen LogP contribution is -2.36. The van der Waals surface area contributed by atoms with Gasteiger partial charge in [0.15, 0.2) is 0 Å². The molecule has 0 aromatic heterocycles. The quantitative estimate of drug-likeness (QED) is 0.722. The first-order valence-corrected chi connectivity index (χ1v) is 4.76. The number of halogens is 4. The van der Waals surface area contributed by atoms with Crippen molar-refractivity contribution in [3.63, 3.8) is 0 Å². The van der Waals surface area contributed by atoms with Crippen LogP contribution in [0.4, 0.5) is 23.7 Å².